The number of hydrogen-bond donors (Lipinski definition) is 1. The summed E-state index contributed by atoms with van der Waals surface area (Å²) >= 11 is 1.47. The molecule has 5 heteroatoms. The highest BCUT2D eigenvalue weighted by Crippen LogP contribution is 2.27. The van der Waals surface area contributed by atoms with Crippen molar-refractivity contribution in [1.29, 1.82) is 0 Å². The number of nitrogens with zero attached hydrogens (tertiary/aromatic N) is 1. The molecule has 1 amide bonds. The third-order valence-corrected chi connectivity index (χ3v) is 4.50. The highest BCUT2D eigenvalue weighted by molar-refractivity contribution is 7.22. The normalized spacial score (nSPS) is 10.7. The number of fused-ring (bicyclic) bond motifs is 1. The molecule has 3 aromatic rings. The second kappa shape index (κ2) is 6.79. The van der Waals surface area contributed by atoms with Crippen LogP contribution in [0.2, 0.25) is 0 Å². The maximum Gasteiger partial charge on any atom is 0.264 e. The van der Waals surface area contributed by atoms with Crippen LogP contribution in [0.25, 0.3) is 10.2 Å². The average molecular weight is 326 g/mol. The zero-order valence-corrected chi connectivity index (χ0v) is 13.9. The summed E-state index contributed by atoms with van der Waals surface area (Å²) in [6, 6.07) is 13.8. The first-order chi connectivity index (χ1) is 11.2. The molecule has 0 aliphatic heterocycles. The van der Waals surface area contributed by atoms with Crippen LogP contribution in [0.5, 0.6) is 5.75 Å². The van der Waals surface area contributed by atoms with Gasteiger partial charge in [-0.25, -0.2) is 4.98 Å². The maximum atomic E-state index is 12.0. The van der Waals surface area contributed by atoms with Crippen LogP contribution in [0.15, 0.2) is 42.5 Å². The van der Waals surface area contributed by atoms with Crippen molar-refractivity contribution in [1.82, 2.24) is 4.98 Å². The van der Waals surface area contributed by atoms with Crippen LogP contribution >= 0.6 is 11.3 Å². The molecule has 0 aliphatic carbocycles. The number of carbonyl (C=O) groups is 1. The van der Waals surface area contributed by atoms with Gasteiger partial charge in [0, 0.05) is 0 Å². The largest absolute Gasteiger partial charge is 0.484 e. The molecule has 0 radical (unpaired) electrons. The van der Waals surface area contributed by atoms with Crippen LogP contribution in [0.4, 0.5) is 5.13 Å². The Morgan fingerprint density at radius 1 is 1.22 bits per heavy atom. The van der Waals surface area contributed by atoms with Crippen molar-refractivity contribution >= 4 is 32.6 Å². The first-order valence-electron chi connectivity index (χ1n) is 7.53. The second-order valence-corrected chi connectivity index (χ2v) is 6.31. The summed E-state index contributed by atoms with van der Waals surface area (Å²) < 4.78 is 6.57. The lowest BCUT2D eigenvalue weighted by Gasteiger charge is -2.06. The van der Waals surface area contributed by atoms with Gasteiger partial charge in [-0.2, -0.15) is 0 Å². The van der Waals surface area contributed by atoms with Crippen molar-refractivity contribution in [3.05, 3.63) is 53.6 Å². The van der Waals surface area contributed by atoms with Crippen LogP contribution in [-0.2, 0) is 11.2 Å². The Hall–Kier alpha value is -2.40. The number of benzene rings is 2. The smallest absolute Gasteiger partial charge is 0.264 e. The van der Waals surface area contributed by atoms with Crippen molar-refractivity contribution < 1.29 is 9.53 Å². The number of thiazole rings is 1. The Kier molecular flexibility index (Phi) is 4.57. The summed E-state index contributed by atoms with van der Waals surface area (Å²) in [5, 5.41) is 3.40. The molecular formula is C18H18N2O2S. The molecule has 0 saturated carbocycles. The van der Waals surface area contributed by atoms with Gasteiger partial charge in [-0.15, -0.1) is 0 Å². The van der Waals surface area contributed by atoms with E-state index in [0.717, 1.165) is 22.2 Å². The van der Waals surface area contributed by atoms with E-state index in [4.69, 9.17) is 4.74 Å². The van der Waals surface area contributed by atoms with Crippen LogP contribution in [0.3, 0.4) is 0 Å². The molecule has 3 rings (SSSR count). The third kappa shape index (κ3) is 3.68. The fourth-order valence-electron chi connectivity index (χ4n) is 2.27. The van der Waals surface area contributed by atoms with Gasteiger partial charge in [0.05, 0.1) is 10.2 Å². The van der Waals surface area contributed by atoms with Gasteiger partial charge in [-0.1, -0.05) is 42.5 Å². The zero-order chi connectivity index (χ0) is 16.2. The van der Waals surface area contributed by atoms with E-state index < -0.39 is 0 Å². The van der Waals surface area contributed by atoms with Crippen LogP contribution in [0.1, 0.15) is 18.1 Å². The standard InChI is InChI=1S/C18H18N2O2S/c1-3-13-7-9-14(10-8-13)22-11-16(21)19-18-20-17-12(2)5-4-6-15(17)23-18/h4-10H,3,11H2,1-2H3,(H,19,20,21). The number of ether oxygens (including phenoxy) is 1. The summed E-state index contributed by atoms with van der Waals surface area (Å²) in [6.45, 7) is 4.08. The number of rotatable bonds is 5. The number of hydrogen-bond acceptors (Lipinski definition) is 4. The molecule has 118 valence electrons. The Bertz CT molecular complexity index is 825. The fraction of sp³-hybridized carbons (Fsp3) is 0.222. The Balaban J connectivity index is 1.60. The van der Waals surface area contributed by atoms with Gasteiger partial charge in [0.2, 0.25) is 0 Å². The monoisotopic (exact) mass is 326 g/mol. The Labute approximate surface area is 139 Å². The molecule has 0 atom stereocenters. The number of aromatic nitrogens is 1. The maximum absolute atomic E-state index is 12.0. The van der Waals surface area contributed by atoms with E-state index in [-0.39, 0.29) is 12.5 Å². The number of para-hydroxylation sites is 1. The van der Waals surface area contributed by atoms with Crippen molar-refractivity contribution in [3.8, 4) is 5.75 Å². The highest BCUT2D eigenvalue weighted by Gasteiger charge is 2.09. The Morgan fingerprint density at radius 2 is 2.00 bits per heavy atom. The van der Waals surface area contributed by atoms with Crippen LogP contribution < -0.4 is 10.1 Å². The predicted molar refractivity (Wildman–Crippen MR) is 94.3 cm³/mol. The molecule has 1 heterocycles. The first kappa shape index (κ1) is 15.5. The zero-order valence-electron chi connectivity index (χ0n) is 13.1. The van der Waals surface area contributed by atoms with E-state index in [1.54, 1.807) is 0 Å². The summed E-state index contributed by atoms with van der Waals surface area (Å²) in [4.78, 5) is 16.5. The van der Waals surface area contributed by atoms with Gasteiger partial charge in [-0.3, -0.25) is 10.1 Å². The molecule has 1 N–H and O–H groups in total. The molecule has 0 bridgehead atoms. The second-order valence-electron chi connectivity index (χ2n) is 5.28. The van der Waals surface area contributed by atoms with E-state index in [0.29, 0.717) is 10.9 Å². The molecule has 0 unspecified atom stereocenters. The van der Waals surface area contributed by atoms with Crippen LogP contribution in [0, 0.1) is 6.92 Å². The molecule has 0 fully saturated rings. The highest BCUT2D eigenvalue weighted by atomic mass is 32.1. The average Bonchev–Trinajstić information content (AvgIpc) is 2.97. The number of aryl methyl sites for hydroxylation is 2. The Morgan fingerprint density at radius 3 is 2.70 bits per heavy atom. The number of anilines is 1. The first-order valence-corrected chi connectivity index (χ1v) is 8.35. The molecule has 1 aromatic heterocycles. The fourth-order valence-corrected chi connectivity index (χ4v) is 3.23. The minimum atomic E-state index is -0.207. The lowest BCUT2D eigenvalue weighted by molar-refractivity contribution is -0.118. The van der Waals surface area contributed by atoms with Crippen molar-refractivity contribution in [2.24, 2.45) is 0 Å². The van der Waals surface area contributed by atoms with Gasteiger partial charge in [0.15, 0.2) is 11.7 Å². The number of amides is 1. The van der Waals surface area contributed by atoms with Gasteiger partial charge < -0.3 is 4.74 Å². The summed E-state index contributed by atoms with van der Waals surface area (Å²) in [7, 11) is 0. The third-order valence-electron chi connectivity index (χ3n) is 3.57. The van der Waals surface area contributed by atoms with E-state index in [2.05, 4.69) is 17.2 Å². The summed E-state index contributed by atoms with van der Waals surface area (Å²) in [5.41, 5.74) is 3.28. The quantitative estimate of drug-likeness (QED) is 0.765. The van der Waals surface area contributed by atoms with Crippen molar-refractivity contribution in [2.45, 2.75) is 20.3 Å². The summed E-state index contributed by atoms with van der Waals surface area (Å²) in [6.07, 6.45) is 0.984. The lowest BCUT2D eigenvalue weighted by atomic mass is 10.2. The molecular weight excluding hydrogens is 308 g/mol. The van der Waals surface area contributed by atoms with Gasteiger partial charge in [0.25, 0.3) is 5.91 Å². The molecule has 0 spiro atoms. The van der Waals surface area contributed by atoms with Crippen molar-refractivity contribution in [3.63, 3.8) is 0 Å². The van der Waals surface area contributed by atoms with Crippen molar-refractivity contribution in [2.75, 3.05) is 11.9 Å². The number of nitrogens with one attached hydrogen (secondary N) is 1. The van der Waals surface area contributed by atoms with Crippen LogP contribution in [-0.4, -0.2) is 17.5 Å². The van der Waals surface area contributed by atoms with E-state index in [1.165, 1.54) is 16.9 Å². The van der Waals surface area contributed by atoms with Gasteiger partial charge in [-0.05, 0) is 42.7 Å². The molecule has 23 heavy (non-hydrogen) atoms. The molecule has 2 aromatic carbocycles. The molecule has 0 aliphatic rings. The summed E-state index contributed by atoms with van der Waals surface area (Å²) in [5.74, 6) is 0.485. The molecule has 0 saturated heterocycles. The SMILES string of the molecule is CCc1ccc(OCC(=O)Nc2nc3c(C)cccc3s2)cc1. The number of carbonyl (C=O) groups excluding carboxylic acids is 1. The lowest BCUT2D eigenvalue weighted by Crippen LogP contribution is -2.20. The van der Waals surface area contributed by atoms with E-state index in [1.807, 2.05) is 49.4 Å². The minimum absolute atomic E-state index is 0.0274. The molecule has 4 nitrogen and oxygen atoms in total. The predicted octanol–water partition coefficient (Wildman–Crippen LogP) is 4.18. The van der Waals surface area contributed by atoms with E-state index >= 15 is 0 Å². The van der Waals surface area contributed by atoms with E-state index in [9.17, 15) is 4.79 Å². The van der Waals surface area contributed by atoms with Gasteiger partial charge in [0.1, 0.15) is 5.75 Å². The van der Waals surface area contributed by atoms with Gasteiger partial charge >= 0.3 is 0 Å². The topological polar surface area (TPSA) is 51.2 Å². The minimum Gasteiger partial charge on any atom is -0.484 e.